The van der Waals surface area contributed by atoms with Gasteiger partial charge in [0.1, 0.15) is 0 Å². The van der Waals surface area contributed by atoms with E-state index in [2.05, 4.69) is 20.9 Å². The van der Waals surface area contributed by atoms with E-state index < -0.39 is 0 Å². The van der Waals surface area contributed by atoms with Gasteiger partial charge in [-0.15, -0.1) is 5.10 Å². The first kappa shape index (κ1) is 10.6. The first-order valence-corrected chi connectivity index (χ1v) is 5.73. The summed E-state index contributed by atoms with van der Waals surface area (Å²) in [7, 11) is 0. The van der Waals surface area contributed by atoms with Crippen LogP contribution in [0.3, 0.4) is 0 Å². The first-order chi connectivity index (χ1) is 7.45. The Labute approximate surface area is 90.2 Å². The molecule has 0 aliphatic carbocycles. The standard InChI is InChI=1S/C10H19N5/c1-2-10(3-5-11-4-1)12-6-8-15-9-7-13-14-15/h7,9-12H,1-6,8H2. The van der Waals surface area contributed by atoms with Crippen molar-refractivity contribution in [2.24, 2.45) is 0 Å². The Morgan fingerprint density at radius 3 is 3.27 bits per heavy atom. The molecule has 1 aliphatic rings. The van der Waals surface area contributed by atoms with E-state index in [1.54, 1.807) is 6.20 Å². The van der Waals surface area contributed by atoms with Crippen molar-refractivity contribution in [3.05, 3.63) is 12.4 Å². The van der Waals surface area contributed by atoms with Gasteiger partial charge in [0.2, 0.25) is 0 Å². The summed E-state index contributed by atoms with van der Waals surface area (Å²) in [5, 5.41) is 14.7. The molecule has 1 saturated heterocycles. The largest absolute Gasteiger partial charge is 0.317 e. The van der Waals surface area contributed by atoms with Crippen LogP contribution in [-0.4, -0.2) is 40.7 Å². The molecule has 84 valence electrons. The zero-order valence-electron chi connectivity index (χ0n) is 9.02. The number of hydrogen-bond donors (Lipinski definition) is 2. The van der Waals surface area contributed by atoms with E-state index in [9.17, 15) is 0 Å². The topological polar surface area (TPSA) is 54.8 Å². The summed E-state index contributed by atoms with van der Waals surface area (Å²) in [5.41, 5.74) is 0. The summed E-state index contributed by atoms with van der Waals surface area (Å²) >= 11 is 0. The van der Waals surface area contributed by atoms with E-state index in [4.69, 9.17) is 0 Å². The zero-order valence-corrected chi connectivity index (χ0v) is 9.02. The van der Waals surface area contributed by atoms with Crippen molar-refractivity contribution in [2.45, 2.75) is 31.8 Å². The molecule has 1 aromatic heterocycles. The van der Waals surface area contributed by atoms with E-state index in [0.717, 1.165) is 19.6 Å². The molecule has 2 rings (SSSR count). The molecule has 1 atom stereocenters. The van der Waals surface area contributed by atoms with Crippen LogP contribution in [0.1, 0.15) is 19.3 Å². The minimum Gasteiger partial charge on any atom is -0.317 e. The van der Waals surface area contributed by atoms with Crippen LogP contribution in [0.15, 0.2) is 12.4 Å². The molecule has 0 radical (unpaired) electrons. The van der Waals surface area contributed by atoms with Gasteiger partial charge in [-0.05, 0) is 32.4 Å². The van der Waals surface area contributed by atoms with E-state index >= 15 is 0 Å². The average molecular weight is 209 g/mol. The highest BCUT2D eigenvalue weighted by Crippen LogP contribution is 2.04. The van der Waals surface area contributed by atoms with Gasteiger partial charge in [0.05, 0.1) is 12.7 Å². The lowest BCUT2D eigenvalue weighted by molar-refractivity contribution is 0.440. The van der Waals surface area contributed by atoms with Crippen LogP contribution in [0.25, 0.3) is 0 Å². The smallest absolute Gasteiger partial charge is 0.0692 e. The molecule has 5 nitrogen and oxygen atoms in total. The molecule has 0 spiro atoms. The van der Waals surface area contributed by atoms with E-state index in [-0.39, 0.29) is 0 Å². The monoisotopic (exact) mass is 209 g/mol. The van der Waals surface area contributed by atoms with Crippen molar-refractivity contribution in [3.63, 3.8) is 0 Å². The van der Waals surface area contributed by atoms with E-state index in [1.165, 1.54) is 25.8 Å². The van der Waals surface area contributed by atoms with Crippen molar-refractivity contribution in [1.29, 1.82) is 0 Å². The van der Waals surface area contributed by atoms with Crippen molar-refractivity contribution >= 4 is 0 Å². The van der Waals surface area contributed by atoms with Gasteiger partial charge in [0.25, 0.3) is 0 Å². The van der Waals surface area contributed by atoms with Gasteiger partial charge >= 0.3 is 0 Å². The van der Waals surface area contributed by atoms with Gasteiger partial charge in [0.15, 0.2) is 0 Å². The fraction of sp³-hybridized carbons (Fsp3) is 0.800. The predicted octanol–water partition coefficient (Wildman–Crippen LogP) is 0.00980. The molecule has 0 aromatic carbocycles. The van der Waals surface area contributed by atoms with Gasteiger partial charge in [-0.3, -0.25) is 4.68 Å². The van der Waals surface area contributed by atoms with Crippen molar-refractivity contribution < 1.29 is 0 Å². The molecular weight excluding hydrogens is 190 g/mol. The Balaban J connectivity index is 1.64. The Bertz CT molecular complexity index is 251. The van der Waals surface area contributed by atoms with Crippen LogP contribution in [0, 0.1) is 0 Å². The van der Waals surface area contributed by atoms with Gasteiger partial charge in [-0.1, -0.05) is 5.21 Å². The van der Waals surface area contributed by atoms with Gasteiger partial charge in [-0.2, -0.15) is 0 Å². The number of nitrogens with zero attached hydrogens (tertiary/aromatic N) is 3. The molecule has 1 aromatic rings. The first-order valence-electron chi connectivity index (χ1n) is 5.73. The third kappa shape index (κ3) is 3.60. The second kappa shape index (κ2) is 5.82. The fourth-order valence-corrected chi connectivity index (χ4v) is 1.96. The van der Waals surface area contributed by atoms with Crippen LogP contribution < -0.4 is 10.6 Å². The second-order valence-electron chi connectivity index (χ2n) is 4.00. The summed E-state index contributed by atoms with van der Waals surface area (Å²) in [6, 6.07) is 0.670. The third-order valence-electron chi connectivity index (χ3n) is 2.82. The Hall–Kier alpha value is -0.940. The number of nitrogens with one attached hydrogen (secondary N) is 2. The summed E-state index contributed by atoms with van der Waals surface area (Å²) in [5.74, 6) is 0. The Morgan fingerprint density at radius 2 is 2.40 bits per heavy atom. The number of hydrogen-bond acceptors (Lipinski definition) is 4. The third-order valence-corrected chi connectivity index (χ3v) is 2.82. The molecule has 0 saturated carbocycles. The van der Waals surface area contributed by atoms with Crippen LogP contribution in [-0.2, 0) is 6.54 Å². The van der Waals surface area contributed by atoms with Crippen LogP contribution in [0.5, 0.6) is 0 Å². The van der Waals surface area contributed by atoms with E-state index in [0.29, 0.717) is 6.04 Å². The average Bonchev–Trinajstić information content (AvgIpc) is 2.62. The highest BCUT2D eigenvalue weighted by Gasteiger charge is 2.10. The molecule has 2 heterocycles. The Kier molecular flexibility index (Phi) is 4.11. The van der Waals surface area contributed by atoms with Crippen LogP contribution in [0.4, 0.5) is 0 Å². The molecule has 0 amide bonds. The summed E-state index contributed by atoms with van der Waals surface area (Å²) < 4.78 is 1.86. The van der Waals surface area contributed by atoms with Crippen molar-refractivity contribution in [3.8, 4) is 0 Å². The zero-order chi connectivity index (χ0) is 10.3. The quantitative estimate of drug-likeness (QED) is 0.733. The fourth-order valence-electron chi connectivity index (χ4n) is 1.96. The molecule has 15 heavy (non-hydrogen) atoms. The van der Waals surface area contributed by atoms with Crippen molar-refractivity contribution in [1.82, 2.24) is 25.6 Å². The van der Waals surface area contributed by atoms with Crippen LogP contribution >= 0.6 is 0 Å². The molecule has 5 heteroatoms. The lowest BCUT2D eigenvalue weighted by Gasteiger charge is -2.15. The highest BCUT2D eigenvalue weighted by molar-refractivity contribution is 4.72. The minimum atomic E-state index is 0.670. The summed E-state index contributed by atoms with van der Waals surface area (Å²) in [6.45, 7) is 4.19. The molecule has 1 unspecified atom stereocenters. The Morgan fingerprint density at radius 1 is 1.40 bits per heavy atom. The maximum atomic E-state index is 3.93. The SMILES string of the molecule is c1cn(CCNC2CCCNCC2)nn1. The van der Waals surface area contributed by atoms with E-state index in [1.807, 2.05) is 10.9 Å². The molecule has 1 fully saturated rings. The maximum Gasteiger partial charge on any atom is 0.0692 e. The summed E-state index contributed by atoms with van der Waals surface area (Å²) in [6.07, 6.45) is 7.41. The van der Waals surface area contributed by atoms with Crippen molar-refractivity contribution in [2.75, 3.05) is 19.6 Å². The lowest BCUT2D eigenvalue weighted by atomic mass is 10.1. The highest BCUT2D eigenvalue weighted by atomic mass is 15.4. The number of rotatable bonds is 4. The second-order valence-corrected chi connectivity index (χ2v) is 4.00. The minimum absolute atomic E-state index is 0.670. The van der Waals surface area contributed by atoms with Gasteiger partial charge in [-0.25, -0.2) is 0 Å². The number of aromatic nitrogens is 3. The van der Waals surface area contributed by atoms with Gasteiger partial charge < -0.3 is 10.6 Å². The molecular formula is C10H19N5. The van der Waals surface area contributed by atoms with Crippen LogP contribution in [0.2, 0.25) is 0 Å². The predicted molar refractivity (Wildman–Crippen MR) is 58.5 cm³/mol. The molecule has 2 N–H and O–H groups in total. The van der Waals surface area contributed by atoms with Gasteiger partial charge in [0, 0.05) is 18.8 Å². The maximum absolute atomic E-state index is 3.93. The molecule has 0 bridgehead atoms. The summed E-state index contributed by atoms with van der Waals surface area (Å²) in [4.78, 5) is 0. The molecule has 1 aliphatic heterocycles. The normalized spacial score (nSPS) is 22.5. The lowest BCUT2D eigenvalue weighted by Crippen LogP contribution is -2.32.